The predicted octanol–water partition coefficient (Wildman–Crippen LogP) is 2.14. The Kier molecular flexibility index (Phi) is 5.80. The molecule has 7 nitrogen and oxygen atoms in total. The van der Waals surface area contributed by atoms with Crippen molar-refractivity contribution in [2.24, 2.45) is 5.73 Å². The van der Waals surface area contributed by atoms with Crippen molar-refractivity contribution in [3.8, 4) is 0 Å². The standard InChI is InChI=1S/C12H16ClN3O4S.ClH/c1-8-10(13)5-9(6-11(8)16(17)18)21(19,20)15-7-12(14)3-2-4-12;/h5-6,15H,2-4,7,14H2,1H3;1H. The molecule has 22 heavy (non-hydrogen) atoms. The lowest BCUT2D eigenvalue weighted by molar-refractivity contribution is -0.385. The van der Waals surface area contributed by atoms with Crippen molar-refractivity contribution in [2.75, 3.05) is 6.54 Å². The minimum atomic E-state index is -3.88. The molecule has 0 unspecified atom stereocenters. The second-order valence-electron chi connectivity index (χ2n) is 5.35. The van der Waals surface area contributed by atoms with Crippen LogP contribution in [0.1, 0.15) is 24.8 Å². The number of nitrogens with zero attached hydrogens (tertiary/aromatic N) is 1. The van der Waals surface area contributed by atoms with Gasteiger partial charge in [-0.05, 0) is 32.3 Å². The van der Waals surface area contributed by atoms with Crippen molar-refractivity contribution in [1.29, 1.82) is 0 Å². The number of nitro groups is 1. The number of benzene rings is 1. The Bertz CT molecular complexity index is 690. The number of nitrogens with two attached hydrogens (primary N) is 1. The Balaban J connectivity index is 0.00000242. The van der Waals surface area contributed by atoms with Crippen LogP contribution in [-0.2, 0) is 10.0 Å². The van der Waals surface area contributed by atoms with Gasteiger partial charge in [-0.2, -0.15) is 0 Å². The van der Waals surface area contributed by atoms with Crippen molar-refractivity contribution in [3.63, 3.8) is 0 Å². The van der Waals surface area contributed by atoms with Gasteiger partial charge in [0, 0.05) is 23.7 Å². The fourth-order valence-corrected chi connectivity index (χ4v) is 3.58. The smallest absolute Gasteiger partial charge is 0.275 e. The maximum atomic E-state index is 12.2. The fourth-order valence-electron chi connectivity index (χ4n) is 2.11. The number of hydrogen-bond acceptors (Lipinski definition) is 5. The largest absolute Gasteiger partial charge is 0.324 e. The molecule has 3 N–H and O–H groups in total. The summed E-state index contributed by atoms with van der Waals surface area (Å²) in [6.07, 6.45) is 2.48. The second-order valence-corrected chi connectivity index (χ2v) is 7.52. The maximum absolute atomic E-state index is 12.2. The van der Waals surface area contributed by atoms with E-state index >= 15 is 0 Å². The lowest BCUT2D eigenvalue weighted by Crippen LogP contribution is -2.54. The molecule has 0 radical (unpaired) electrons. The zero-order valence-corrected chi connectivity index (χ0v) is 14.2. The highest BCUT2D eigenvalue weighted by Crippen LogP contribution is 2.31. The van der Waals surface area contributed by atoms with Crippen LogP contribution < -0.4 is 10.5 Å². The first-order valence-corrected chi connectivity index (χ1v) is 8.24. The topological polar surface area (TPSA) is 115 Å². The molecule has 2 rings (SSSR count). The van der Waals surface area contributed by atoms with Crippen LogP contribution in [0.3, 0.4) is 0 Å². The lowest BCUT2D eigenvalue weighted by Gasteiger charge is -2.37. The number of hydrogen-bond donors (Lipinski definition) is 2. The summed E-state index contributed by atoms with van der Waals surface area (Å²) in [5, 5.41) is 11.0. The SMILES string of the molecule is Cc1c(Cl)cc(S(=O)(=O)NCC2(N)CCC2)cc1[N+](=O)[O-].Cl. The molecule has 124 valence electrons. The van der Waals surface area contributed by atoms with Gasteiger partial charge >= 0.3 is 0 Å². The van der Waals surface area contributed by atoms with Gasteiger partial charge in [-0.3, -0.25) is 10.1 Å². The molecule has 0 aromatic heterocycles. The molecule has 0 atom stereocenters. The van der Waals surface area contributed by atoms with E-state index < -0.39 is 20.5 Å². The summed E-state index contributed by atoms with van der Waals surface area (Å²) >= 11 is 5.88. The third-order valence-corrected chi connectivity index (χ3v) is 5.53. The van der Waals surface area contributed by atoms with Crippen molar-refractivity contribution in [2.45, 2.75) is 36.6 Å². The molecule has 0 spiro atoms. The molecule has 0 amide bonds. The van der Waals surface area contributed by atoms with Crippen molar-refractivity contribution in [1.82, 2.24) is 4.72 Å². The minimum Gasteiger partial charge on any atom is -0.324 e. The Labute approximate surface area is 139 Å². The fraction of sp³-hybridized carbons (Fsp3) is 0.500. The molecular weight excluding hydrogens is 353 g/mol. The van der Waals surface area contributed by atoms with Gasteiger partial charge in [-0.25, -0.2) is 13.1 Å². The minimum absolute atomic E-state index is 0. The van der Waals surface area contributed by atoms with Gasteiger partial charge in [0.25, 0.3) is 5.69 Å². The summed E-state index contributed by atoms with van der Waals surface area (Å²) in [5.41, 5.74) is 5.35. The quantitative estimate of drug-likeness (QED) is 0.609. The van der Waals surface area contributed by atoms with Gasteiger partial charge < -0.3 is 5.73 Å². The molecule has 0 aliphatic heterocycles. The van der Waals surface area contributed by atoms with E-state index in [1.165, 1.54) is 13.0 Å². The van der Waals surface area contributed by atoms with Gasteiger partial charge in [-0.15, -0.1) is 12.4 Å². The first-order chi connectivity index (χ1) is 9.65. The van der Waals surface area contributed by atoms with Crippen LogP contribution in [0, 0.1) is 17.0 Å². The van der Waals surface area contributed by atoms with E-state index in [4.69, 9.17) is 17.3 Å². The second kappa shape index (κ2) is 6.67. The van der Waals surface area contributed by atoms with E-state index in [0.717, 1.165) is 25.3 Å². The molecule has 1 aliphatic carbocycles. The van der Waals surface area contributed by atoms with Crippen molar-refractivity contribution in [3.05, 3.63) is 32.8 Å². The first-order valence-electron chi connectivity index (χ1n) is 6.38. The van der Waals surface area contributed by atoms with Crippen LogP contribution in [-0.4, -0.2) is 25.4 Å². The Morgan fingerprint density at radius 3 is 2.50 bits per heavy atom. The highest BCUT2D eigenvalue weighted by Gasteiger charge is 2.34. The summed E-state index contributed by atoms with van der Waals surface area (Å²) < 4.78 is 26.8. The zero-order chi connectivity index (χ0) is 15.8. The van der Waals surface area contributed by atoms with E-state index in [1.54, 1.807) is 0 Å². The first kappa shape index (κ1) is 19.1. The molecule has 0 heterocycles. The molecule has 1 aromatic rings. The summed E-state index contributed by atoms with van der Waals surface area (Å²) in [4.78, 5) is 10.1. The van der Waals surface area contributed by atoms with Crippen LogP contribution in [0.15, 0.2) is 17.0 Å². The van der Waals surface area contributed by atoms with E-state index in [2.05, 4.69) is 4.72 Å². The summed E-state index contributed by atoms with van der Waals surface area (Å²) in [5.74, 6) is 0. The van der Waals surface area contributed by atoms with E-state index in [9.17, 15) is 18.5 Å². The van der Waals surface area contributed by atoms with Crippen LogP contribution in [0.25, 0.3) is 0 Å². The molecule has 10 heteroatoms. The van der Waals surface area contributed by atoms with Crippen molar-refractivity contribution < 1.29 is 13.3 Å². The molecular formula is C12H17Cl2N3O4S. The summed E-state index contributed by atoms with van der Waals surface area (Å²) in [7, 11) is -3.88. The molecule has 1 aliphatic rings. The number of rotatable bonds is 5. The van der Waals surface area contributed by atoms with Gasteiger partial charge in [0.05, 0.1) is 14.8 Å². The summed E-state index contributed by atoms with van der Waals surface area (Å²) in [6.45, 7) is 1.57. The zero-order valence-electron chi connectivity index (χ0n) is 11.8. The Hall–Kier alpha value is -0.930. The molecule has 0 bridgehead atoms. The van der Waals surface area contributed by atoms with Gasteiger partial charge in [0.2, 0.25) is 10.0 Å². The highest BCUT2D eigenvalue weighted by atomic mass is 35.5. The average Bonchev–Trinajstić information content (AvgIpc) is 2.36. The molecule has 0 saturated heterocycles. The number of halogens is 2. The van der Waals surface area contributed by atoms with Crippen LogP contribution in [0.4, 0.5) is 5.69 Å². The van der Waals surface area contributed by atoms with Crippen LogP contribution in [0.2, 0.25) is 5.02 Å². The van der Waals surface area contributed by atoms with E-state index in [0.29, 0.717) is 0 Å². The van der Waals surface area contributed by atoms with Crippen molar-refractivity contribution >= 4 is 39.7 Å². The summed E-state index contributed by atoms with van der Waals surface area (Å²) in [6, 6.07) is 2.21. The molecule has 1 aromatic carbocycles. The Morgan fingerprint density at radius 2 is 2.05 bits per heavy atom. The van der Waals surface area contributed by atoms with Crippen LogP contribution >= 0.6 is 24.0 Å². The predicted molar refractivity (Wildman–Crippen MR) is 86.0 cm³/mol. The van der Waals surface area contributed by atoms with Crippen LogP contribution in [0.5, 0.6) is 0 Å². The van der Waals surface area contributed by atoms with Gasteiger partial charge in [-0.1, -0.05) is 11.6 Å². The normalized spacial score (nSPS) is 16.5. The monoisotopic (exact) mass is 369 g/mol. The third kappa shape index (κ3) is 3.88. The highest BCUT2D eigenvalue weighted by molar-refractivity contribution is 7.89. The molecule has 1 saturated carbocycles. The Morgan fingerprint density at radius 1 is 1.45 bits per heavy atom. The lowest BCUT2D eigenvalue weighted by atomic mass is 9.78. The average molecular weight is 370 g/mol. The number of sulfonamides is 1. The van der Waals surface area contributed by atoms with E-state index in [1.807, 2.05) is 0 Å². The van der Waals surface area contributed by atoms with Gasteiger partial charge in [0.1, 0.15) is 0 Å². The van der Waals surface area contributed by atoms with E-state index in [-0.39, 0.29) is 40.1 Å². The number of nitrogens with one attached hydrogen (secondary N) is 1. The number of nitro benzene ring substituents is 1. The third-order valence-electron chi connectivity index (χ3n) is 3.76. The molecule has 1 fully saturated rings. The maximum Gasteiger partial charge on any atom is 0.275 e. The van der Waals surface area contributed by atoms with Gasteiger partial charge in [0.15, 0.2) is 0 Å².